The third-order valence-electron chi connectivity index (χ3n) is 3.73. The Labute approximate surface area is 99.6 Å². The number of hydrogen-bond donors (Lipinski definition) is 1. The van der Waals surface area contributed by atoms with Gasteiger partial charge in [-0.1, -0.05) is 36.8 Å². The van der Waals surface area contributed by atoms with E-state index in [-0.39, 0.29) is 11.5 Å². The molecule has 1 aliphatic rings. The Morgan fingerprint density at radius 2 is 2.25 bits per heavy atom. The lowest BCUT2D eigenvalue weighted by atomic mass is 9.68. The molecular weight excluding hydrogens is 196 g/mol. The average molecular weight is 220 g/mol. The number of allylic oxidation sites excluding steroid dienone is 3. The Kier molecular flexibility index (Phi) is 4.15. The first kappa shape index (κ1) is 13.2. The highest BCUT2D eigenvalue weighted by Gasteiger charge is 2.37. The minimum absolute atomic E-state index is 0.148. The van der Waals surface area contributed by atoms with E-state index >= 15 is 0 Å². The Morgan fingerprint density at radius 1 is 1.62 bits per heavy atom. The first-order valence-electron chi connectivity index (χ1n) is 6.04. The molecule has 0 saturated carbocycles. The van der Waals surface area contributed by atoms with Crippen LogP contribution in [0.2, 0.25) is 0 Å². The summed E-state index contributed by atoms with van der Waals surface area (Å²) in [5.41, 5.74) is 3.40. The molecule has 0 aliphatic heterocycles. The second kappa shape index (κ2) is 5.01. The van der Waals surface area contributed by atoms with E-state index in [0.717, 1.165) is 30.4 Å². The number of hydrogen-bond acceptors (Lipinski definition) is 1. The molecule has 1 nitrogen and oxygen atoms in total. The zero-order valence-electron chi connectivity index (χ0n) is 11.0. The van der Waals surface area contributed by atoms with Gasteiger partial charge >= 0.3 is 0 Å². The summed E-state index contributed by atoms with van der Waals surface area (Å²) in [6.07, 6.45) is 6.89. The third kappa shape index (κ3) is 2.65. The van der Waals surface area contributed by atoms with E-state index in [9.17, 15) is 5.11 Å². The molecule has 1 aliphatic carbocycles. The van der Waals surface area contributed by atoms with Crippen LogP contribution in [0.25, 0.3) is 0 Å². The summed E-state index contributed by atoms with van der Waals surface area (Å²) < 4.78 is 0. The van der Waals surface area contributed by atoms with Gasteiger partial charge in [-0.25, -0.2) is 0 Å². The largest absolute Gasteiger partial charge is 0.388 e. The van der Waals surface area contributed by atoms with Gasteiger partial charge in [0.25, 0.3) is 0 Å². The van der Waals surface area contributed by atoms with Crippen molar-refractivity contribution in [2.45, 2.75) is 53.1 Å². The fraction of sp³-hybridized carbons (Fsp3) is 0.600. The molecule has 16 heavy (non-hydrogen) atoms. The zero-order chi connectivity index (χ0) is 12.3. The van der Waals surface area contributed by atoms with Crippen molar-refractivity contribution < 1.29 is 5.11 Å². The average Bonchev–Trinajstić information content (AvgIpc) is 2.22. The smallest absolute Gasteiger partial charge is 0.0838 e. The molecule has 0 amide bonds. The summed E-state index contributed by atoms with van der Waals surface area (Å²) in [6, 6.07) is 0. The van der Waals surface area contributed by atoms with Crippen molar-refractivity contribution in [2.75, 3.05) is 0 Å². The molecule has 2 unspecified atom stereocenters. The molecule has 1 heteroatoms. The van der Waals surface area contributed by atoms with Crippen LogP contribution < -0.4 is 0 Å². The van der Waals surface area contributed by atoms with Crippen molar-refractivity contribution in [3.8, 4) is 0 Å². The summed E-state index contributed by atoms with van der Waals surface area (Å²) in [5.74, 6) is 0. The lowest BCUT2D eigenvalue weighted by Crippen LogP contribution is -2.37. The predicted octanol–water partition coefficient (Wildman–Crippen LogP) is 4.01. The van der Waals surface area contributed by atoms with Crippen LogP contribution >= 0.6 is 0 Å². The molecule has 0 aromatic rings. The van der Waals surface area contributed by atoms with Gasteiger partial charge in [0, 0.05) is 5.41 Å². The van der Waals surface area contributed by atoms with Crippen LogP contribution in [0.3, 0.4) is 0 Å². The van der Waals surface area contributed by atoms with Gasteiger partial charge in [0.15, 0.2) is 0 Å². The van der Waals surface area contributed by atoms with Crippen molar-refractivity contribution in [3.63, 3.8) is 0 Å². The highest BCUT2D eigenvalue weighted by molar-refractivity contribution is 5.25. The molecule has 0 spiro atoms. The van der Waals surface area contributed by atoms with Gasteiger partial charge in [-0.3, -0.25) is 0 Å². The second-order valence-corrected chi connectivity index (χ2v) is 5.40. The first-order chi connectivity index (χ1) is 7.38. The molecule has 0 fully saturated rings. The Morgan fingerprint density at radius 3 is 2.81 bits per heavy atom. The molecule has 1 rings (SSSR count). The van der Waals surface area contributed by atoms with Crippen molar-refractivity contribution in [1.29, 1.82) is 0 Å². The monoisotopic (exact) mass is 220 g/mol. The number of rotatable bonds is 3. The van der Waals surface area contributed by atoms with Crippen LogP contribution in [0.5, 0.6) is 0 Å². The maximum atomic E-state index is 10.3. The maximum Gasteiger partial charge on any atom is 0.0838 e. The van der Waals surface area contributed by atoms with E-state index in [1.54, 1.807) is 0 Å². The van der Waals surface area contributed by atoms with Crippen LogP contribution in [0.15, 0.2) is 35.5 Å². The summed E-state index contributed by atoms with van der Waals surface area (Å²) in [4.78, 5) is 0. The van der Waals surface area contributed by atoms with Crippen molar-refractivity contribution in [2.24, 2.45) is 5.41 Å². The molecule has 90 valence electrons. The van der Waals surface area contributed by atoms with E-state index < -0.39 is 0 Å². The minimum atomic E-state index is -0.362. The first-order valence-corrected chi connectivity index (χ1v) is 6.04. The van der Waals surface area contributed by atoms with Gasteiger partial charge in [-0.2, -0.15) is 0 Å². The molecule has 0 bridgehead atoms. The lowest BCUT2D eigenvalue weighted by Gasteiger charge is -2.39. The molecule has 0 aromatic carbocycles. The van der Waals surface area contributed by atoms with Gasteiger partial charge in [-0.05, 0) is 45.6 Å². The molecule has 2 atom stereocenters. The standard InChI is InChI=1S/C15H24O/c1-11(2)8-9-13(4)15(5)10-6-7-12(3)14(15)16/h7-8,14,16H,4,6,9-10H2,1-3,5H3. The quantitative estimate of drug-likeness (QED) is 0.713. The SMILES string of the molecule is C=C(CC=C(C)C)C1(C)CCC=C(C)C1O. The van der Waals surface area contributed by atoms with Crippen molar-refractivity contribution >= 4 is 0 Å². The summed E-state index contributed by atoms with van der Waals surface area (Å²) in [5, 5.41) is 10.3. The highest BCUT2D eigenvalue weighted by Crippen LogP contribution is 2.42. The fourth-order valence-electron chi connectivity index (χ4n) is 2.28. The topological polar surface area (TPSA) is 20.2 Å². The number of aliphatic hydroxyl groups excluding tert-OH is 1. The van der Waals surface area contributed by atoms with E-state index in [0.29, 0.717) is 0 Å². The normalized spacial score (nSPS) is 29.6. The Bertz CT molecular complexity index is 331. The molecule has 0 saturated heterocycles. The molecule has 1 N–H and O–H groups in total. The molecular formula is C15H24O. The summed E-state index contributed by atoms with van der Waals surface area (Å²) in [6.45, 7) is 12.5. The molecule has 0 heterocycles. The van der Waals surface area contributed by atoms with Gasteiger partial charge in [-0.15, -0.1) is 0 Å². The summed E-state index contributed by atoms with van der Waals surface area (Å²) in [7, 11) is 0. The predicted molar refractivity (Wildman–Crippen MR) is 70.3 cm³/mol. The van der Waals surface area contributed by atoms with Gasteiger partial charge < -0.3 is 5.11 Å². The Balaban J connectivity index is 2.81. The van der Waals surface area contributed by atoms with E-state index in [2.05, 4.69) is 39.5 Å². The van der Waals surface area contributed by atoms with Crippen molar-refractivity contribution in [1.82, 2.24) is 0 Å². The molecule has 0 radical (unpaired) electrons. The number of aliphatic hydroxyl groups is 1. The van der Waals surface area contributed by atoms with Crippen LogP contribution in [0, 0.1) is 5.41 Å². The molecule has 0 aromatic heterocycles. The minimum Gasteiger partial charge on any atom is -0.388 e. The van der Waals surface area contributed by atoms with E-state index in [1.165, 1.54) is 5.57 Å². The van der Waals surface area contributed by atoms with E-state index in [4.69, 9.17) is 0 Å². The van der Waals surface area contributed by atoms with Gasteiger partial charge in [0.2, 0.25) is 0 Å². The Hall–Kier alpha value is -0.820. The zero-order valence-corrected chi connectivity index (χ0v) is 11.0. The highest BCUT2D eigenvalue weighted by atomic mass is 16.3. The van der Waals surface area contributed by atoms with Gasteiger partial charge in [0.1, 0.15) is 0 Å². The van der Waals surface area contributed by atoms with E-state index in [1.807, 2.05) is 6.92 Å². The lowest BCUT2D eigenvalue weighted by molar-refractivity contribution is 0.0788. The van der Waals surface area contributed by atoms with Crippen LogP contribution in [-0.2, 0) is 0 Å². The third-order valence-corrected chi connectivity index (χ3v) is 3.73. The summed E-state index contributed by atoms with van der Waals surface area (Å²) >= 11 is 0. The van der Waals surface area contributed by atoms with Crippen LogP contribution in [0.1, 0.15) is 47.0 Å². The van der Waals surface area contributed by atoms with Crippen LogP contribution in [-0.4, -0.2) is 11.2 Å². The fourth-order valence-corrected chi connectivity index (χ4v) is 2.28. The maximum absolute atomic E-state index is 10.3. The van der Waals surface area contributed by atoms with Crippen molar-refractivity contribution in [3.05, 3.63) is 35.5 Å². The van der Waals surface area contributed by atoms with Gasteiger partial charge in [0.05, 0.1) is 6.10 Å². The second-order valence-electron chi connectivity index (χ2n) is 5.40. The van der Waals surface area contributed by atoms with Crippen LogP contribution in [0.4, 0.5) is 0 Å².